The number of ketones is 1. The number of hydrogen-bond donors (Lipinski definition) is 1. The SMILES string of the molecule is COc1ccc(CN2C(=O)c3ccccc3C2C2=C(O)CC(C)(C)CC2=O)cc1. The Bertz CT molecular complexity index is 1000. The van der Waals surface area contributed by atoms with Crippen molar-refractivity contribution in [3.05, 3.63) is 76.6 Å². The second-order valence-corrected chi connectivity index (χ2v) is 8.57. The number of aliphatic hydroxyl groups excluding tert-OH is 1. The summed E-state index contributed by atoms with van der Waals surface area (Å²) in [6.45, 7) is 4.29. The van der Waals surface area contributed by atoms with Crippen LogP contribution in [0.1, 0.15) is 54.2 Å². The number of ether oxygens (including phenoxy) is 1. The fourth-order valence-corrected chi connectivity index (χ4v) is 4.38. The molecule has 29 heavy (non-hydrogen) atoms. The fourth-order valence-electron chi connectivity index (χ4n) is 4.38. The van der Waals surface area contributed by atoms with Crippen LogP contribution in [0.5, 0.6) is 5.75 Å². The normalized spacial score (nSPS) is 20.8. The summed E-state index contributed by atoms with van der Waals surface area (Å²) < 4.78 is 5.21. The van der Waals surface area contributed by atoms with E-state index in [-0.39, 0.29) is 22.9 Å². The highest BCUT2D eigenvalue weighted by Gasteiger charge is 2.45. The summed E-state index contributed by atoms with van der Waals surface area (Å²) in [5, 5.41) is 10.8. The van der Waals surface area contributed by atoms with Gasteiger partial charge < -0.3 is 14.7 Å². The van der Waals surface area contributed by atoms with Gasteiger partial charge in [0, 0.05) is 24.9 Å². The van der Waals surface area contributed by atoms with Gasteiger partial charge >= 0.3 is 0 Å². The molecular formula is C24H25NO4. The monoisotopic (exact) mass is 391 g/mol. The maximum atomic E-state index is 13.2. The second-order valence-electron chi connectivity index (χ2n) is 8.57. The standard InChI is InChI=1S/C24H25NO4/c1-24(2)12-19(26)21(20(27)13-24)22-17-6-4-5-7-18(17)23(28)25(22)14-15-8-10-16(29-3)11-9-15/h4-11,22,26H,12-14H2,1-3H3. The molecule has 1 N–H and O–H groups in total. The molecule has 0 saturated carbocycles. The highest BCUT2D eigenvalue weighted by molar-refractivity contribution is 6.05. The Hall–Kier alpha value is -3.08. The van der Waals surface area contributed by atoms with Crippen LogP contribution in [0.15, 0.2) is 59.9 Å². The molecule has 1 unspecified atom stereocenters. The molecule has 4 rings (SSSR count). The van der Waals surface area contributed by atoms with Crippen LogP contribution in [0.25, 0.3) is 0 Å². The lowest BCUT2D eigenvalue weighted by Gasteiger charge is -2.34. The number of aliphatic hydroxyl groups is 1. The van der Waals surface area contributed by atoms with Crippen LogP contribution in [0.2, 0.25) is 0 Å². The summed E-state index contributed by atoms with van der Waals surface area (Å²) in [7, 11) is 1.61. The van der Waals surface area contributed by atoms with E-state index in [1.807, 2.05) is 56.3 Å². The Balaban J connectivity index is 1.77. The number of allylic oxidation sites excluding steroid dienone is 1. The molecule has 5 heteroatoms. The van der Waals surface area contributed by atoms with Gasteiger partial charge in [-0.1, -0.05) is 44.2 Å². The summed E-state index contributed by atoms with van der Waals surface area (Å²) in [6, 6.07) is 14.3. The molecule has 1 amide bonds. The molecule has 150 valence electrons. The van der Waals surface area contributed by atoms with Crippen LogP contribution in [0.4, 0.5) is 0 Å². The molecule has 0 aromatic heterocycles. The van der Waals surface area contributed by atoms with Gasteiger partial charge in [-0.05, 0) is 34.7 Å². The van der Waals surface area contributed by atoms with Crippen molar-refractivity contribution in [2.24, 2.45) is 5.41 Å². The fraction of sp³-hybridized carbons (Fsp3) is 0.333. The van der Waals surface area contributed by atoms with Crippen LogP contribution >= 0.6 is 0 Å². The Kier molecular flexibility index (Phi) is 4.69. The molecule has 0 radical (unpaired) electrons. The van der Waals surface area contributed by atoms with Crippen molar-refractivity contribution in [1.82, 2.24) is 4.90 Å². The summed E-state index contributed by atoms with van der Waals surface area (Å²) >= 11 is 0. The second kappa shape index (κ2) is 7.07. The van der Waals surface area contributed by atoms with Gasteiger partial charge in [-0.25, -0.2) is 0 Å². The molecule has 0 bridgehead atoms. The lowest BCUT2D eigenvalue weighted by molar-refractivity contribution is -0.119. The van der Waals surface area contributed by atoms with Crippen molar-refractivity contribution in [3.63, 3.8) is 0 Å². The summed E-state index contributed by atoms with van der Waals surface area (Å²) in [5.74, 6) is 0.624. The predicted octanol–water partition coefficient (Wildman–Crippen LogP) is 4.59. The highest BCUT2D eigenvalue weighted by Crippen LogP contribution is 2.46. The third-order valence-corrected chi connectivity index (χ3v) is 5.74. The van der Waals surface area contributed by atoms with E-state index in [9.17, 15) is 14.7 Å². The van der Waals surface area contributed by atoms with E-state index in [4.69, 9.17) is 4.74 Å². The van der Waals surface area contributed by atoms with E-state index in [1.165, 1.54) is 0 Å². The first-order chi connectivity index (χ1) is 13.8. The zero-order valence-corrected chi connectivity index (χ0v) is 16.9. The molecule has 1 aliphatic heterocycles. The number of nitrogens with zero attached hydrogens (tertiary/aromatic N) is 1. The molecule has 0 spiro atoms. The van der Waals surface area contributed by atoms with Gasteiger partial charge in [-0.2, -0.15) is 0 Å². The Morgan fingerprint density at radius 3 is 2.41 bits per heavy atom. The lowest BCUT2D eigenvalue weighted by atomic mass is 9.74. The summed E-state index contributed by atoms with van der Waals surface area (Å²) in [6.07, 6.45) is 0.785. The number of methoxy groups -OCH3 is 1. The molecule has 1 atom stereocenters. The van der Waals surface area contributed by atoms with Crippen molar-refractivity contribution < 1.29 is 19.4 Å². The van der Waals surface area contributed by atoms with Gasteiger partial charge in [-0.15, -0.1) is 0 Å². The van der Waals surface area contributed by atoms with Gasteiger partial charge in [0.15, 0.2) is 5.78 Å². The van der Waals surface area contributed by atoms with Gasteiger partial charge in [0.1, 0.15) is 11.5 Å². The van der Waals surface area contributed by atoms with Crippen molar-refractivity contribution in [1.29, 1.82) is 0 Å². The third-order valence-electron chi connectivity index (χ3n) is 5.74. The molecule has 2 aliphatic rings. The van der Waals surface area contributed by atoms with Crippen LogP contribution in [0.3, 0.4) is 0 Å². The van der Waals surface area contributed by atoms with E-state index in [2.05, 4.69) is 0 Å². The first-order valence-corrected chi connectivity index (χ1v) is 9.79. The van der Waals surface area contributed by atoms with E-state index >= 15 is 0 Å². The van der Waals surface area contributed by atoms with Crippen LogP contribution in [-0.4, -0.2) is 28.8 Å². The van der Waals surface area contributed by atoms with Gasteiger partial charge in [0.05, 0.1) is 18.7 Å². The Morgan fingerprint density at radius 1 is 1.07 bits per heavy atom. The first-order valence-electron chi connectivity index (χ1n) is 9.79. The van der Waals surface area contributed by atoms with Crippen molar-refractivity contribution >= 4 is 11.7 Å². The van der Waals surface area contributed by atoms with Crippen LogP contribution in [-0.2, 0) is 11.3 Å². The van der Waals surface area contributed by atoms with E-state index < -0.39 is 6.04 Å². The Morgan fingerprint density at radius 2 is 1.76 bits per heavy atom. The molecule has 0 fully saturated rings. The minimum absolute atomic E-state index is 0.0898. The van der Waals surface area contributed by atoms with Crippen LogP contribution in [0, 0.1) is 5.41 Å². The molecule has 2 aromatic carbocycles. The lowest BCUT2D eigenvalue weighted by Crippen LogP contribution is -2.35. The minimum Gasteiger partial charge on any atom is -0.512 e. The molecule has 1 aliphatic carbocycles. The summed E-state index contributed by atoms with van der Waals surface area (Å²) in [5.41, 5.74) is 2.37. The number of rotatable bonds is 4. The largest absolute Gasteiger partial charge is 0.512 e. The van der Waals surface area contributed by atoms with Crippen LogP contribution < -0.4 is 4.74 Å². The number of hydrogen-bond acceptors (Lipinski definition) is 4. The molecule has 0 saturated heterocycles. The van der Waals surface area contributed by atoms with Gasteiger partial charge in [-0.3, -0.25) is 9.59 Å². The predicted molar refractivity (Wildman–Crippen MR) is 110 cm³/mol. The Labute approximate surface area is 170 Å². The average molecular weight is 391 g/mol. The highest BCUT2D eigenvalue weighted by atomic mass is 16.5. The van der Waals surface area contributed by atoms with E-state index in [0.29, 0.717) is 30.5 Å². The number of Topliss-reactive ketones (excluding diaryl/α,β-unsaturated/α-hetero) is 1. The quantitative estimate of drug-likeness (QED) is 0.828. The third kappa shape index (κ3) is 3.41. The molecule has 2 aromatic rings. The zero-order chi connectivity index (χ0) is 20.8. The number of amides is 1. The van der Waals surface area contributed by atoms with Crippen molar-refractivity contribution in [3.8, 4) is 5.75 Å². The minimum atomic E-state index is -0.565. The van der Waals surface area contributed by atoms with Gasteiger partial charge in [0.2, 0.25) is 0 Å². The smallest absolute Gasteiger partial charge is 0.255 e. The van der Waals surface area contributed by atoms with E-state index in [1.54, 1.807) is 18.1 Å². The van der Waals surface area contributed by atoms with Gasteiger partial charge in [0.25, 0.3) is 5.91 Å². The number of fused-ring (bicyclic) bond motifs is 1. The van der Waals surface area contributed by atoms with E-state index in [0.717, 1.165) is 16.9 Å². The first kappa shape index (κ1) is 19.2. The molecule has 1 heterocycles. The van der Waals surface area contributed by atoms with Crippen molar-refractivity contribution in [2.75, 3.05) is 7.11 Å². The summed E-state index contributed by atoms with van der Waals surface area (Å²) in [4.78, 5) is 27.9. The number of carbonyl (C=O) groups excluding carboxylic acids is 2. The topological polar surface area (TPSA) is 66.8 Å². The zero-order valence-electron chi connectivity index (χ0n) is 16.9. The number of carbonyl (C=O) groups is 2. The maximum absolute atomic E-state index is 13.2. The average Bonchev–Trinajstić information content (AvgIpc) is 2.94. The van der Waals surface area contributed by atoms with Crippen molar-refractivity contribution in [2.45, 2.75) is 39.3 Å². The maximum Gasteiger partial charge on any atom is 0.255 e. The molecular weight excluding hydrogens is 366 g/mol. The molecule has 5 nitrogen and oxygen atoms in total. The number of benzene rings is 2.